The van der Waals surface area contributed by atoms with E-state index < -0.39 is 5.69 Å². The van der Waals surface area contributed by atoms with Crippen LogP contribution in [0, 0.1) is 0 Å². The van der Waals surface area contributed by atoms with Gasteiger partial charge in [-0.2, -0.15) is 10.4 Å². The van der Waals surface area contributed by atoms with Gasteiger partial charge >= 0.3 is 5.69 Å². The van der Waals surface area contributed by atoms with Crippen LogP contribution in [0.25, 0.3) is 33.4 Å². The molecule has 1 aliphatic heterocycles. The molecule has 0 unspecified atom stereocenters. The number of halogens is 1. The molecule has 1 saturated heterocycles. The topological polar surface area (TPSA) is 84.2 Å². The van der Waals surface area contributed by atoms with E-state index in [2.05, 4.69) is 21.4 Å². The Morgan fingerprint density at radius 1 is 1.17 bits per heavy atom. The number of benzene rings is 1. The van der Waals surface area contributed by atoms with E-state index in [9.17, 15) is 9.59 Å². The first-order chi connectivity index (χ1) is 20.0. The van der Waals surface area contributed by atoms with Crippen molar-refractivity contribution in [3.8, 4) is 16.3 Å². The van der Waals surface area contributed by atoms with Crippen molar-refractivity contribution < 1.29 is 4.79 Å². The van der Waals surface area contributed by atoms with Crippen LogP contribution in [0.4, 0.5) is 5.82 Å². The Morgan fingerprint density at radius 3 is 2.50 bits per heavy atom. The Morgan fingerprint density at radius 2 is 1.86 bits per heavy atom. The Balaban J connectivity index is 1.81. The molecule has 3 aromatic heterocycles. The van der Waals surface area contributed by atoms with Crippen LogP contribution in [0.3, 0.4) is 0 Å². The minimum Gasteiger partial charge on any atom is -0.347 e. The third kappa shape index (κ3) is 5.43. The Bertz CT molecular complexity index is 1770. The number of hydrogen-bond acceptors (Lipinski definition) is 7. The lowest BCUT2D eigenvalue weighted by Crippen LogP contribution is -2.58. The molecule has 4 heterocycles. The average Bonchev–Trinajstić information content (AvgIpc) is 3.42. The van der Waals surface area contributed by atoms with E-state index in [4.69, 9.17) is 32.3 Å². The van der Waals surface area contributed by atoms with Crippen molar-refractivity contribution in [3.63, 3.8) is 0 Å². The number of fused-ring (bicyclic) bond motifs is 1. The fourth-order valence-electron chi connectivity index (χ4n) is 5.55. The number of carbonyl (C=O) groups is 1. The number of thiazole rings is 1. The highest BCUT2D eigenvalue weighted by atomic mass is 35.5. The van der Waals surface area contributed by atoms with E-state index in [0.717, 1.165) is 11.3 Å². The second-order valence-electron chi connectivity index (χ2n) is 10.7. The van der Waals surface area contributed by atoms with Gasteiger partial charge in [0.2, 0.25) is 5.91 Å². The number of aromatic nitrogens is 4. The molecular formula is C30H29B2ClN6O2S. The Labute approximate surface area is 256 Å². The van der Waals surface area contributed by atoms with E-state index in [-0.39, 0.29) is 29.3 Å². The van der Waals surface area contributed by atoms with Gasteiger partial charge in [0.1, 0.15) is 10.8 Å². The summed E-state index contributed by atoms with van der Waals surface area (Å²) in [4.78, 5) is 44.4. The van der Waals surface area contributed by atoms with Crippen molar-refractivity contribution in [3.05, 3.63) is 80.6 Å². The first-order valence-electron chi connectivity index (χ1n) is 13.6. The largest absolute Gasteiger partial charge is 0.356 e. The average molecular weight is 595 g/mol. The Kier molecular flexibility index (Phi) is 8.44. The molecule has 210 valence electrons. The molecule has 42 heavy (non-hydrogen) atoms. The van der Waals surface area contributed by atoms with E-state index in [1.807, 2.05) is 52.0 Å². The molecule has 1 aliphatic rings. The van der Waals surface area contributed by atoms with Crippen LogP contribution >= 0.6 is 22.9 Å². The van der Waals surface area contributed by atoms with Gasteiger partial charge in [-0.25, -0.2) is 19.3 Å². The quantitative estimate of drug-likeness (QED) is 0.233. The molecule has 4 aromatic rings. The number of piperazine rings is 1. The van der Waals surface area contributed by atoms with Gasteiger partial charge in [0.15, 0.2) is 5.65 Å². The molecule has 4 radical (unpaired) electrons. The maximum Gasteiger partial charge on any atom is 0.356 e. The van der Waals surface area contributed by atoms with Crippen molar-refractivity contribution in [2.24, 2.45) is 0 Å². The van der Waals surface area contributed by atoms with Gasteiger partial charge in [-0.05, 0) is 37.5 Å². The molecule has 8 nitrogen and oxygen atoms in total. The van der Waals surface area contributed by atoms with Gasteiger partial charge in [0.25, 0.3) is 0 Å². The molecule has 5 rings (SSSR count). The SMILES string of the molecule is [B]C([B])=Cc1ccccc1-c1nc2c(cc1Cl)c(N1[C@@H](C)CN(C(=O)C=C)C[C@@H]1C)nc(=O)n2-c1scnc1C(C)C. The van der Waals surface area contributed by atoms with Crippen molar-refractivity contribution in [2.75, 3.05) is 18.0 Å². The van der Waals surface area contributed by atoms with Gasteiger partial charge in [0, 0.05) is 30.7 Å². The smallest absolute Gasteiger partial charge is 0.347 e. The normalized spacial score (nSPS) is 17.1. The van der Waals surface area contributed by atoms with Gasteiger partial charge < -0.3 is 9.80 Å². The van der Waals surface area contributed by atoms with Crippen LogP contribution < -0.4 is 10.6 Å². The maximum absolute atomic E-state index is 14.0. The van der Waals surface area contributed by atoms with E-state index in [1.165, 1.54) is 22.0 Å². The molecule has 0 saturated carbocycles. The van der Waals surface area contributed by atoms with Gasteiger partial charge in [-0.3, -0.25) is 4.79 Å². The van der Waals surface area contributed by atoms with Crippen LogP contribution in [0.2, 0.25) is 5.02 Å². The number of carbonyl (C=O) groups excluding carboxylic acids is 1. The zero-order valence-corrected chi connectivity index (χ0v) is 25.5. The summed E-state index contributed by atoms with van der Waals surface area (Å²) < 4.78 is 1.52. The van der Waals surface area contributed by atoms with Gasteiger partial charge in [0.05, 0.1) is 43.0 Å². The van der Waals surface area contributed by atoms with Crippen molar-refractivity contribution in [1.82, 2.24) is 24.4 Å². The Hall–Kier alpha value is -3.69. The van der Waals surface area contributed by atoms with Gasteiger partial charge in [-0.15, -0.1) is 11.3 Å². The molecule has 1 amide bonds. The van der Waals surface area contributed by atoms with Crippen molar-refractivity contribution in [2.45, 2.75) is 45.7 Å². The summed E-state index contributed by atoms with van der Waals surface area (Å²) in [6.07, 6.45) is 2.97. The van der Waals surface area contributed by atoms with E-state index in [0.29, 0.717) is 51.2 Å². The minimum atomic E-state index is -0.479. The van der Waals surface area contributed by atoms with Crippen molar-refractivity contribution in [1.29, 1.82) is 0 Å². The number of pyridine rings is 1. The summed E-state index contributed by atoms with van der Waals surface area (Å²) in [7, 11) is 11.6. The fourth-order valence-corrected chi connectivity index (χ4v) is 6.75. The third-order valence-corrected chi connectivity index (χ3v) is 8.43. The highest BCUT2D eigenvalue weighted by Crippen LogP contribution is 2.37. The summed E-state index contributed by atoms with van der Waals surface area (Å²) in [5, 5.41) is 1.79. The lowest BCUT2D eigenvalue weighted by Gasteiger charge is -2.45. The molecule has 1 fully saturated rings. The second kappa shape index (κ2) is 11.9. The third-order valence-electron chi connectivity index (χ3n) is 7.31. The van der Waals surface area contributed by atoms with Crippen LogP contribution in [0.1, 0.15) is 44.9 Å². The molecule has 0 aliphatic carbocycles. The first kappa shape index (κ1) is 29.8. The number of anilines is 1. The van der Waals surface area contributed by atoms with E-state index >= 15 is 0 Å². The number of amides is 1. The monoisotopic (exact) mass is 594 g/mol. The predicted molar refractivity (Wildman–Crippen MR) is 173 cm³/mol. The van der Waals surface area contributed by atoms with Crippen LogP contribution in [-0.2, 0) is 4.79 Å². The van der Waals surface area contributed by atoms with Crippen LogP contribution in [0.5, 0.6) is 0 Å². The van der Waals surface area contributed by atoms with Crippen molar-refractivity contribution >= 4 is 67.5 Å². The zero-order chi connectivity index (χ0) is 30.3. The summed E-state index contributed by atoms with van der Waals surface area (Å²) in [5.74, 6) is 0.398. The van der Waals surface area contributed by atoms with Crippen LogP contribution in [-0.4, -0.2) is 71.2 Å². The minimum absolute atomic E-state index is 0.0635. The lowest BCUT2D eigenvalue weighted by molar-refractivity contribution is -0.127. The first-order valence-corrected chi connectivity index (χ1v) is 14.9. The summed E-state index contributed by atoms with van der Waals surface area (Å²) in [5.41, 5.74) is 4.33. The molecule has 1 aromatic carbocycles. The maximum atomic E-state index is 14.0. The summed E-state index contributed by atoms with van der Waals surface area (Å²) in [6, 6.07) is 9.02. The number of hydrogen-bond donors (Lipinski definition) is 0. The molecule has 0 spiro atoms. The predicted octanol–water partition coefficient (Wildman–Crippen LogP) is 4.93. The summed E-state index contributed by atoms with van der Waals surface area (Å²) in [6.45, 7) is 12.6. The van der Waals surface area contributed by atoms with Gasteiger partial charge in [-0.1, -0.05) is 62.4 Å². The molecule has 12 heteroatoms. The highest BCUT2D eigenvalue weighted by Gasteiger charge is 2.34. The lowest BCUT2D eigenvalue weighted by atomic mass is 9.77. The zero-order valence-electron chi connectivity index (χ0n) is 23.9. The molecule has 0 bridgehead atoms. The summed E-state index contributed by atoms with van der Waals surface area (Å²) >= 11 is 8.31. The molecule has 0 N–H and O–H groups in total. The molecule has 2 atom stereocenters. The second-order valence-corrected chi connectivity index (χ2v) is 12.0. The number of rotatable bonds is 6. The van der Waals surface area contributed by atoms with Crippen LogP contribution in [0.15, 0.2) is 58.7 Å². The standard InChI is InChI=1S/C30H29B2ClN6O2S/c1-6-24(40)37-13-17(4)38(18(5)14-37)28-21-12-22(33)26(20-10-8-7-9-19(20)11-23(31)32)35-27(21)39(30(41)36-28)29-25(16(2)3)34-15-42-29/h6-12,15-18H,1,13-14H2,2-5H3/t17-,18-/m0/s1. The van der Waals surface area contributed by atoms with E-state index in [1.54, 1.807) is 22.6 Å². The highest BCUT2D eigenvalue weighted by molar-refractivity contribution is 7.12. The fraction of sp³-hybridized carbons (Fsp3) is 0.300. The molecular weight excluding hydrogens is 566 g/mol. The number of nitrogens with zero attached hydrogens (tertiary/aromatic N) is 6.